The predicted octanol–water partition coefficient (Wildman–Crippen LogP) is 2.82. The molecule has 0 fully saturated rings. The Balaban J connectivity index is 2.31. The summed E-state index contributed by atoms with van der Waals surface area (Å²) in [6.07, 6.45) is 3.91. The van der Waals surface area contributed by atoms with Crippen molar-refractivity contribution in [1.82, 2.24) is 4.68 Å². The number of hydrogen-bond donors (Lipinski definition) is 1. The first-order valence-corrected chi connectivity index (χ1v) is 6.39. The summed E-state index contributed by atoms with van der Waals surface area (Å²) in [6.45, 7) is 2.07. The molecule has 0 radical (unpaired) electrons. The maximum Gasteiger partial charge on any atom is 0.203 e. The smallest absolute Gasteiger partial charge is 0.203 e. The number of benzene rings is 1. The molecule has 0 bridgehead atoms. The number of nitrogens with zero attached hydrogens (tertiary/aromatic N) is 1. The Morgan fingerprint density at radius 3 is 1.95 bits per heavy atom. The van der Waals surface area contributed by atoms with Gasteiger partial charge >= 0.3 is 0 Å². The standard InChI is InChI=1S/C15H20N2O3/c1-11(16-17-7-5-6-8-17)12-9-13(18-2)15(20-4)14(10-12)19-3/h5-11,16H,1-4H3. The molecular weight excluding hydrogens is 256 g/mol. The van der Waals surface area contributed by atoms with Crippen molar-refractivity contribution in [1.29, 1.82) is 0 Å². The van der Waals surface area contributed by atoms with Crippen LogP contribution in [0.25, 0.3) is 0 Å². The molecular formula is C15H20N2O3. The van der Waals surface area contributed by atoms with Crippen LogP contribution in [0.4, 0.5) is 0 Å². The zero-order chi connectivity index (χ0) is 14.5. The van der Waals surface area contributed by atoms with E-state index in [1.807, 2.05) is 41.3 Å². The molecule has 0 saturated carbocycles. The van der Waals surface area contributed by atoms with Crippen molar-refractivity contribution in [2.24, 2.45) is 0 Å². The van der Waals surface area contributed by atoms with Crippen LogP contribution in [0.3, 0.4) is 0 Å². The zero-order valence-electron chi connectivity index (χ0n) is 12.2. The van der Waals surface area contributed by atoms with E-state index in [1.54, 1.807) is 21.3 Å². The van der Waals surface area contributed by atoms with E-state index in [4.69, 9.17) is 14.2 Å². The number of methoxy groups -OCH3 is 3. The van der Waals surface area contributed by atoms with Gasteiger partial charge in [-0.05, 0) is 36.8 Å². The van der Waals surface area contributed by atoms with Crippen LogP contribution in [0.5, 0.6) is 17.2 Å². The van der Waals surface area contributed by atoms with E-state index in [-0.39, 0.29) is 6.04 Å². The average Bonchev–Trinajstić information content (AvgIpc) is 2.98. The molecule has 5 nitrogen and oxygen atoms in total. The summed E-state index contributed by atoms with van der Waals surface area (Å²) in [5.74, 6) is 1.91. The molecule has 0 aliphatic rings. The summed E-state index contributed by atoms with van der Waals surface area (Å²) in [5, 5.41) is 0. The molecule has 1 atom stereocenters. The average molecular weight is 276 g/mol. The van der Waals surface area contributed by atoms with Gasteiger partial charge in [0.15, 0.2) is 11.5 Å². The van der Waals surface area contributed by atoms with Gasteiger partial charge in [-0.2, -0.15) is 0 Å². The Hall–Kier alpha value is -2.30. The van der Waals surface area contributed by atoms with Gasteiger partial charge in [0, 0.05) is 12.4 Å². The second-order valence-corrected chi connectivity index (χ2v) is 4.40. The van der Waals surface area contributed by atoms with Gasteiger partial charge in [-0.25, -0.2) is 0 Å². The summed E-state index contributed by atoms with van der Waals surface area (Å²) in [6, 6.07) is 7.92. The van der Waals surface area contributed by atoms with Crippen LogP contribution in [0, 0.1) is 0 Å². The zero-order valence-corrected chi connectivity index (χ0v) is 12.2. The second-order valence-electron chi connectivity index (χ2n) is 4.40. The lowest BCUT2D eigenvalue weighted by Gasteiger charge is -2.20. The summed E-state index contributed by atoms with van der Waals surface area (Å²) >= 11 is 0. The molecule has 108 valence electrons. The van der Waals surface area contributed by atoms with Gasteiger partial charge in [0.2, 0.25) is 5.75 Å². The summed E-state index contributed by atoms with van der Waals surface area (Å²) in [4.78, 5) is 0. The third-order valence-electron chi connectivity index (χ3n) is 3.13. The molecule has 1 aromatic heterocycles. The summed E-state index contributed by atoms with van der Waals surface area (Å²) in [7, 11) is 4.83. The van der Waals surface area contributed by atoms with Crippen molar-refractivity contribution in [3.63, 3.8) is 0 Å². The van der Waals surface area contributed by atoms with E-state index < -0.39 is 0 Å². The van der Waals surface area contributed by atoms with Crippen LogP contribution in [-0.4, -0.2) is 26.0 Å². The van der Waals surface area contributed by atoms with Crippen LogP contribution >= 0.6 is 0 Å². The lowest BCUT2D eigenvalue weighted by Crippen LogP contribution is -2.17. The topological polar surface area (TPSA) is 44.7 Å². The van der Waals surface area contributed by atoms with Gasteiger partial charge in [0.05, 0.1) is 27.4 Å². The monoisotopic (exact) mass is 276 g/mol. The third kappa shape index (κ3) is 2.82. The molecule has 2 aromatic rings. The molecule has 0 spiro atoms. The molecule has 1 N–H and O–H groups in total. The Kier molecular flexibility index (Phi) is 4.40. The molecule has 0 aliphatic carbocycles. The number of rotatable bonds is 6. The predicted molar refractivity (Wildman–Crippen MR) is 78.3 cm³/mol. The molecule has 1 heterocycles. The van der Waals surface area contributed by atoms with Crippen molar-refractivity contribution >= 4 is 0 Å². The highest BCUT2D eigenvalue weighted by atomic mass is 16.5. The fraction of sp³-hybridized carbons (Fsp3) is 0.333. The molecule has 2 rings (SSSR count). The van der Waals surface area contributed by atoms with Crippen molar-refractivity contribution < 1.29 is 14.2 Å². The molecule has 1 unspecified atom stereocenters. The molecule has 0 aliphatic heterocycles. The van der Waals surface area contributed by atoms with Gasteiger partial charge in [0.1, 0.15) is 0 Å². The fourth-order valence-corrected chi connectivity index (χ4v) is 2.07. The van der Waals surface area contributed by atoms with E-state index in [2.05, 4.69) is 12.3 Å². The second kappa shape index (κ2) is 6.23. The lowest BCUT2D eigenvalue weighted by atomic mass is 10.1. The van der Waals surface area contributed by atoms with Gasteiger partial charge in [-0.15, -0.1) is 0 Å². The van der Waals surface area contributed by atoms with Crippen molar-refractivity contribution in [2.75, 3.05) is 26.8 Å². The van der Waals surface area contributed by atoms with Gasteiger partial charge in [-0.3, -0.25) is 4.68 Å². The van der Waals surface area contributed by atoms with E-state index in [9.17, 15) is 0 Å². The Morgan fingerprint density at radius 1 is 0.950 bits per heavy atom. The normalized spacial score (nSPS) is 11.8. The van der Waals surface area contributed by atoms with Gasteiger partial charge in [-0.1, -0.05) is 0 Å². The van der Waals surface area contributed by atoms with Crippen LogP contribution in [0.15, 0.2) is 36.7 Å². The van der Waals surface area contributed by atoms with Crippen molar-refractivity contribution in [2.45, 2.75) is 13.0 Å². The van der Waals surface area contributed by atoms with E-state index in [0.29, 0.717) is 17.2 Å². The maximum atomic E-state index is 5.37. The van der Waals surface area contributed by atoms with E-state index >= 15 is 0 Å². The van der Waals surface area contributed by atoms with Crippen molar-refractivity contribution in [3.05, 3.63) is 42.2 Å². The highest BCUT2D eigenvalue weighted by Crippen LogP contribution is 2.39. The Labute approximate surface area is 119 Å². The Morgan fingerprint density at radius 2 is 1.50 bits per heavy atom. The van der Waals surface area contributed by atoms with E-state index in [0.717, 1.165) is 5.56 Å². The number of hydrogen-bond acceptors (Lipinski definition) is 4. The fourth-order valence-electron chi connectivity index (χ4n) is 2.07. The molecule has 20 heavy (non-hydrogen) atoms. The minimum Gasteiger partial charge on any atom is -0.493 e. The highest BCUT2D eigenvalue weighted by molar-refractivity contribution is 5.54. The Bertz CT molecular complexity index is 527. The van der Waals surface area contributed by atoms with Gasteiger partial charge in [0.25, 0.3) is 0 Å². The van der Waals surface area contributed by atoms with Crippen LogP contribution in [-0.2, 0) is 0 Å². The van der Waals surface area contributed by atoms with Crippen molar-refractivity contribution in [3.8, 4) is 17.2 Å². The molecule has 5 heteroatoms. The van der Waals surface area contributed by atoms with Crippen LogP contribution in [0.1, 0.15) is 18.5 Å². The quantitative estimate of drug-likeness (QED) is 0.881. The summed E-state index contributed by atoms with van der Waals surface area (Å²) in [5.41, 5.74) is 4.39. The summed E-state index contributed by atoms with van der Waals surface area (Å²) < 4.78 is 18.0. The number of ether oxygens (including phenoxy) is 3. The first kappa shape index (κ1) is 14.1. The van der Waals surface area contributed by atoms with Crippen LogP contribution in [0.2, 0.25) is 0 Å². The lowest BCUT2D eigenvalue weighted by molar-refractivity contribution is 0.323. The SMILES string of the molecule is COc1cc(C(C)Nn2cccc2)cc(OC)c1OC. The van der Waals surface area contributed by atoms with Crippen LogP contribution < -0.4 is 19.6 Å². The first-order chi connectivity index (χ1) is 9.69. The third-order valence-corrected chi connectivity index (χ3v) is 3.13. The molecule has 0 amide bonds. The highest BCUT2D eigenvalue weighted by Gasteiger charge is 2.16. The maximum absolute atomic E-state index is 5.37. The van der Waals surface area contributed by atoms with E-state index in [1.165, 1.54) is 0 Å². The number of aromatic nitrogens is 1. The minimum absolute atomic E-state index is 0.0936. The molecule has 0 saturated heterocycles. The van der Waals surface area contributed by atoms with Gasteiger partial charge < -0.3 is 19.6 Å². The largest absolute Gasteiger partial charge is 0.493 e. The first-order valence-electron chi connectivity index (χ1n) is 6.39. The molecule has 1 aromatic carbocycles. The number of nitrogens with one attached hydrogen (secondary N) is 1. The minimum atomic E-state index is 0.0936.